The fourth-order valence-electron chi connectivity index (χ4n) is 1.60. The van der Waals surface area contributed by atoms with Crippen LogP contribution in [0.15, 0.2) is 4.40 Å². The van der Waals surface area contributed by atoms with E-state index in [9.17, 15) is 8.42 Å². The smallest absolute Gasteiger partial charge is 0.345 e. The van der Waals surface area contributed by atoms with Crippen LogP contribution in [0, 0.1) is 6.92 Å². The van der Waals surface area contributed by atoms with E-state index in [0.717, 1.165) is 24.2 Å². The van der Waals surface area contributed by atoms with E-state index in [0.29, 0.717) is 0 Å². The Morgan fingerprint density at radius 3 is 2.71 bits per heavy atom. The number of nitrogens with two attached hydrogens (primary N) is 1. The summed E-state index contributed by atoms with van der Waals surface area (Å²) < 4.78 is 28.2. The zero-order chi connectivity index (χ0) is 12.6. The van der Waals surface area contributed by atoms with Gasteiger partial charge in [0.15, 0.2) is 11.7 Å². The Morgan fingerprint density at radius 2 is 2.06 bits per heavy atom. The molecule has 0 aromatic carbocycles. The van der Waals surface area contributed by atoms with Crippen LogP contribution >= 0.6 is 0 Å². The third-order valence-corrected chi connectivity index (χ3v) is 3.23. The summed E-state index contributed by atoms with van der Waals surface area (Å²) in [6.45, 7) is 3.83. The first-order valence-corrected chi connectivity index (χ1v) is 6.63. The molecule has 8 heteroatoms. The Morgan fingerprint density at radius 1 is 1.35 bits per heavy atom. The molecular formula is C9H13N5O2S. The molecule has 0 aliphatic carbocycles. The van der Waals surface area contributed by atoms with Gasteiger partial charge in [0.05, 0.1) is 11.4 Å². The molecule has 2 rings (SSSR count). The summed E-state index contributed by atoms with van der Waals surface area (Å²) >= 11 is 0. The number of nitrogens with one attached hydrogen (secondary N) is 1. The monoisotopic (exact) mass is 255 g/mol. The fraction of sp³-hybridized carbons (Fsp3) is 0.444. The van der Waals surface area contributed by atoms with Crippen LogP contribution in [-0.4, -0.2) is 24.2 Å². The van der Waals surface area contributed by atoms with Crippen LogP contribution in [0.4, 0.5) is 5.82 Å². The molecule has 0 fully saturated rings. The minimum atomic E-state index is -3.78. The minimum Gasteiger partial charge on any atom is -0.381 e. The molecule has 1 aliphatic rings. The number of nitrogens with zero attached hydrogens (tertiary/aromatic N) is 3. The SMILES string of the molecule is CCCc1nc2c(nc1C)C(N)=NS(=O)(=O)N2. The molecule has 92 valence electrons. The van der Waals surface area contributed by atoms with Gasteiger partial charge in [-0.1, -0.05) is 13.3 Å². The second-order valence-electron chi connectivity index (χ2n) is 3.76. The summed E-state index contributed by atoms with van der Waals surface area (Å²) in [5, 5.41) is 0. The predicted octanol–water partition coefficient (Wildman–Crippen LogP) is 0.113. The van der Waals surface area contributed by atoms with Gasteiger partial charge in [0, 0.05) is 0 Å². The van der Waals surface area contributed by atoms with Crippen LogP contribution in [0.25, 0.3) is 0 Å². The summed E-state index contributed by atoms with van der Waals surface area (Å²) in [4.78, 5) is 8.47. The predicted molar refractivity (Wildman–Crippen MR) is 64.0 cm³/mol. The Kier molecular flexibility index (Phi) is 2.74. The van der Waals surface area contributed by atoms with Crippen LogP contribution in [-0.2, 0) is 16.6 Å². The highest BCUT2D eigenvalue weighted by atomic mass is 32.2. The van der Waals surface area contributed by atoms with Gasteiger partial charge in [-0.05, 0) is 13.3 Å². The van der Waals surface area contributed by atoms with E-state index < -0.39 is 10.2 Å². The zero-order valence-electron chi connectivity index (χ0n) is 9.56. The lowest BCUT2D eigenvalue weighted by Crippen LogP contribution is -2.29. The molecule has 0 saturated heterocycles. The van der Waals surface area contributed by atoms with Crippen LogP contribution < -0.4 is 10.5 Å². The van der Waals surface area contributed by atoms with Crippen LogP contribution in [0.2, 0.25) is 0 Å². The molecule has 0 bridgehead atoms. The maximum Gasteiger partial charge on any atom is 0.345 e. The molecule has 3 N–H and O–H groups in total. The topological polar surface area (TPSA) is 110 Å². The van der Waals surface area contributed by atoms with E-state index in [1.807, 2.05) is 13.8 Å². The van der Waals surface area contributed by atoms with Crippen molar-refractivity contribution in [3.05, 3.63) is 17.1 Å². The lowest BCUT2D eigenvalue weighted by molar-refractivity contribution is 0.602. The maximum absolute atomic E-state index is 11.3. The highest BCUT2D eigenvalue weighted by Gasteiger charge is 2.24. The Hall–Kier alpha value is -1.70. The van der Waals surface area contributed by atoms with Crippen molar-refractivity contribution in [2.24, 2.45) is 10.1 Å². The molecule has 1 aromatic heterocycles. The van der Waals surface area contributed by atoms with Gasteiger partial charge in [-0.3, -0.25) is 0 Å². The number of amidine groups is 1. The third-order valence-electron chi connectivity index (χ3n) is 2.34. The number of hydrogen-bond acceptors (Lipinski definition) is 5. The molecule has 0 radical (unpaired) electrons. The zero-order valence-corrected chi connectivity index (χ0v) is 10.4. The van der Waals surface area contributed by atoms with Crippen molar-refractivity contribution in [1.29, 1.82) is 0 Å². The van der Waals surface area contributed by atoms with E-state index in [1.54, 1.807) is 0 Å². The number of anilines is 1. The number of rotatable bonds is 2. The summed E-state index contributed by atoms with van der Waals surface area (Å²) in [6.07, 6.45) is 1.65. The fourth-order valence-corrected chi connectivity index (χ4v) is 2.37. The maximum atomic E-state index is 11.3. The van der Waals surface area contributed by atoms with E-state index in [1.165, 1.54) is 0 Å². The van der Waals surface area contributed by atoms with Crippen LogP contribution in [0.5, 0.6) is 0 Å². The summed E-state index contributed by atoms with van der Waals surface area (Å²) in [5.74, 6) is 0.0314. The molecule has 1 aromatic rings. The summed E-state index contributed by atoms with van der Waals surface area (Å²) in [6, 6.07) is 0. The Labute approximate surface area is 99.4 Å². The van der Waals surface area contributed by atoms with Crippen LogP contribution in [0.3, 0.4) is 0 Å². The van der Waals surface area contributed by atoms with Crippen molar-refractivity contribution in [1.82, 2.24) is 9.97 Å². The Balaban J connectivity index is 2.58. The van der Waals surface area contributed by atoms with E-state index in [4.69, 9.17) is 5.73 Å². The molecule has 0 spiro atoms. The first-order chi connectivity index (χ1) is 7.93. The van der Waals surface area contributed by atoms with Crippen LogP contribution in [0.1, 0.15) is 30.4 Å². The largest absolute Gasteiger partial charge is 0.381 e. The van der Waals surface area contributed by atoms with E-state index in [-0.39, 0.29) is 17.3 Å². The molecule has 1 aliphatic heterocycles. The molecule has 0 amide bonds. The highest BCUT2D eigenvalue weighted by molar-refractivity contribution is 7.91. The molecule has 7 nitrogen and oxygen atoms in total. The van der Waals surface area contributed by atoms with Gasteiger partial charge in [-0.2, -0.15) is 8.42 Å². The third kappa shape index (κ3) is 2.21. The number of hydrogen-bond donors (Lipinski definition) is 2. The highest BCUT2D eigenvalue weighted by Crippen LogP contribution is 2.20. The molecule has 17 heavy (non-hydrogen) atoms. The van der Waals surface area contributed by atoms with Crippen molar-refractivity contribution < 1.29 is 8.42 Å². The van der Waals surface area contributed by atoms with E-state index >= 15 is 0 Å². The van der Waals surface area contributed by atoms with Crippen molar-refractivity contribution in [3.63, 3.8) is 0 Å². The molecular weight excluding hydrogens is 242 g/mol. The molecule has 0 atom stereocenters. The molecule has 2 heterocycles. The van der Waals surface area contributed by atoms with Crippen molar-refractivity contribution in [2.45, 2.75) is 26.7 Å². The quantitative estimate of drug-likeness (QED) is 0.779. The number of aryl methyl sites for hydroxylation is 2. The standard InChI is InChI=1S/C9H13N5O2S/c1-3-4-6-5(2)11-7-8(10)13-17(15,16)14-9(7)12-6/h3-4H2,1-2H3,(H2,10,13)(H,12,14). The Bertz CT molecular complexity index is 594. The van der Waals surface area contributed by atoms with Gasteiger partial charge >= 0.3 is 10.2 Å². The second kappa shape index (κ2) is 3.95. The average molecular weight is 255 g/mol. The minimum absolute atomic E-state index is 0.127. The van der Waals surface area contributed by atoms with Gasteiger partial charge in [0.1, 0.15) is 5.69 Å². The number of fused-ring (bicyclic) bond motifs is 1. The molecule has 0 saturated carbocycles. The number of aromatic nitrogens is 2. The van der Waals surface area contributed by atoms with Gasteiger partial charge in [-0.15, -0.1) is 4.40 Å². The van der Waals surface area contributed by atoms with Gasteiger partial charge in [-0.25, -0.2) is 14.7 Å². The average Bonchev–Trinajstić information content (AvgIpc) is 2.20. The first kappa shape index (κ1) is 11.8. The van der Waals surface area contributed by atoms with Crippen molar-refractivity contribution in [3.8, 4) is 0 Å². The van der Waals surface area contributed by atoms with Gasteiger partial charge in [0.2, 0.25) is 0 Å². The molecule has 0 unspecified atom stereocenters. The normalized spacial score (nSPS) is 16.9. The van der Waals surface area contributed by atoms with E-state index in [2.05, 4.69) is 19.1 Å². The lowest BCUT2D eigenvalue weighted by atomic mass is 10.2. The lowest BCUT2D eigenvalue weighted by Gasteiger charge is -2.16. The first-order valence-electron chi connectivity index (χ1n) is 5.19. The summed E-state index contributed by atoms with van der Waals surface area (Å²) in [5.41, 5.74) is 7.34. The van der Waals surface area contributed by atoms with Gasteiger partial charge < -0.3 is 5.73 Å². The second-order valence-corrected chi connectivity index (χ2v) is 5.09. The van der Waals surface area contributed by atoms with Crippen molar-refractivity contribution >= 4 is 21.9 Å². The summed E-state index contributed by atoms with van der Waals surface area (Å²) in [7, 11) is -3.78. The van der Waals surface area contributed by atoms with Gasteiger partial charge in [0.25, 0.3) is 0 Å². The van der Waals surface area contributed by atoms with Crippen molar-refractivity contribution in [2.75, 3.05) is 4.72 Å².